The highest BCUT2D eigenvalue weighted by molar-refractivity contribution is 5.97. The van der Waals surface area contributed by atoms with E-state index in [0.717, 1.165) is 22.9 Å². The van der Waals surface area contributed by atoms with Crippen molar-refractivity contribution in [3.8, 4) is 11.1 Å². The van der Waals surface area contributed by atoms with Gasteiger partial charge in [0.25, 0.3) is 11.5 Å². The van der Waals surface area contributed by atoms with Crippen LogP contribution in [0.4, 0.5) is 8.78 Å². The molecule has 0 fully saturated rings. The van der Waals surface area contributed by atoms with Crippen LogP contribution < -0.4 is 5.56 Å². The first-order chi connectivity index (χ1) is 16.8. The third kappa shape index (κ3) is 2.92. The predicted octanol–water partition coefficient (Wildman–Crippen LogP) is 2.77. The van der Waals surface area contributed by atoms with E-state index >= 15 is 8.78 Å². The summed E-state index contributed by atoms with van der Waals surface area (Å²) < 4.78 is 71.6. The Morgan fingerprint density at radius 2 is 2.00 bits per heavy atom. The zero-order chi connectivity index (χ0) is 26.2. The summed E-state index contributed by atoms with van der Waals surface area (Å²) in [7, 11) is 1.37. The molecule has 0 aliphatic carbocycles. The zero-order valence-corrected chi connectivity index (χ0v) is 16.1. The molecule has 1 amide bonds. The summed E-state index contributed by atoms with van der Waals surface area (Å²) in [4.78, 5) is 30.0. The van der Waals surface area contributed by atoms with E-state index in [1.807, 2.05) is 0 Å². The Hall–Kier alpha value is -3.88. The number of nitrogens with zero attached hydrogens (tertiary/aromatic N) is 5. The molecule has 1 aliphatic rings. The lowest BCUT2D eigenvalue weighted by Crippen LogP contribution is -2.24. The predicted molar refractivity (Wildman–Crippen MR) is 109 cm³/mol. The number of carbonyl (C=O) groups excluding carboxylic acids is 1. The van der Waals surface area contributed by atoms with Crippen LogP contribution in [-0.4, -0.2) is 30.1 Å². The Labute approximate surface area is 182 Å². The molecule has 7 nitrogen and oxygen atoms in total. The van der Waals surface area contributed by atoms with Crippen molar-refractivity contribution in [1.82, 2.24) is 24.2 Å². The van der Waals surface area contributed by atoms with E-state index in [2.05, 4.69) is 10.1 Å². The van der Waals surface area contributed by atoms with Gasteiger partial charge in [-0.2, -0.15) is 5.10 Å². The second-order valence-corrected chi connectivity index (χ2v) is 7.10. The third-order valence-electron chi connectivity index (χ3n) is 5.20. The minimum absolute atomic E-state index is 0.000142. The monoisotopic (exact) mass is 426 g/mol. The first kappa shape index (κ1) is 14.2. The number of fused-ring (bicyclic) bond motifs is 2. The van der Waals surface area contributed by atoms with Gasteiger partial charge < -0.3 is 9.47 Å². The van der Waals surface area contributed by atoms with Crippen molar-refractivity contribution in [2.24, 2.45) is 14.0 Å². The molecular formula is C22H17F2N5O2. The number of rotatable bonds is 3. The van der Waals surface area contributed by atoms with Crippen molar-refractivity contribution >= 4 is 16.8 Å². The number of aromatic nitrogens is 4. The molecule has 1 aromatic carbocycles. The van der Waals surface area contributed by atoms with Crippen molar-refractivity contribution in [3.05, 3.63) is 81.7 Å². The second-order valence-electron chi connectivity index (χ2n) is 7.10. The summed E-state index contributed by atoms with van der Waals surface area (Å²) in [5.74, 6) is -2.85. The molecule has 5 rings (SSSR count). The summed E-state index contributed by atoms with van der Waals surface area (Å²) >= 11 is 0. The van der Waals surface area contributed by atoms with Crippen LogP contribution >= 0.6 is 0 Å². The quantitative estimate of drug-likeness (QED) is 0.505. The lowest BCUT2D eigenvalue weighted by Gasteiger charge is -2.17. The van der Waals surface area contributed by atoms with E-state index in [4.69, 9.17) is 6.85 Å². The number of hydrogen-bond acceptors (Lipinski definition) is 4. The molecule has 4 heterocycles. The van der Waals surface area contributed by atoms with Crippen molar-refractivity contribution in [1.29, 1.82) is 0 Å². The lowest BCUT2D eigenvalue weighted by molar-refractivity contribution is 0.0763. The molecule has 0 bridgehead atoms. The fraction of sp³-hybridized carbons (Fsp3) is 0.182. The Morgan fingerprint density at radius 3 is 2.71 bits per heavy atom. The van der Waals surface area contributed by atoms with E-state index in [1.165, 1.54) is 31.6 Å². The van der Waals surface area contributed by atoms with Gasteiger partial charge in [-0.05, 0) is 29.8 Å². The lowest BCUT2D eigenvalue weighted by atomic mass is 10.0. The van der Waals surface area contributed by atoms with Gasteiger partial charge in [-0.1, -0.05) is 0 Å². The molecule has 3 aromatic heterocycles. The molecular weight excluding hydrogens is 404 g/mol. The third-order valence-corrected chi connectivity index (χ3v) is 5.20. The van der Waals surface area contributed by atoms with Gasteiger partial charge in [-0.15, -0.1) is 0 Å². The average Bonchev–Trinajstić information content (AvgIpc) is 3.33. The van der Waals surface area contributed by atoms with E-state index in [0.29, 0.717) is 9.58 Å². The molecule has 31 heavy (non-hydrogen) atoms. The highest BCUT2D eigenvalue weighted by atomic mass is 19.1. The number of carbonyl (C=O) groups is 1. The molecule has 0 saturated heterocycles. The summed E-state index contributed by atoms with van der Waals surface area (Å²) in [5.41, 5.74) is -1.40. The Morgan fingerprint density at radius 1 is 1.23 bits per heavy atom. The summed E-state index contributed by atoms with van der Waals surface area (Å²) in [5, 5.41) is 3.88. The zero-order valence-electron chi connectivity index (χ0n) is 21.1. The molecule has 156 valence electrons. The Bertz CT molecular complexity index is 1610. The Balaban J connectivity index is 1.60. The van der Waals surface area contributed by atoms with Crippen LogP contribution in [0.15, 0.2) is 47.7 Å². The molecule has 4 aromatic rings. The molecule has 0 saturated carbocycles. The van der Waals surface area contributed by atoms with Gasteiger partial charge in [0.2, 0.25) is 0 Å². The van der Waals surface area contributed by atoms with Crippen molar-refractivity contribution < 1.29 is 20.4 Å². The van der Waals surface area contributed by atoms with Crippen molar-refractivity contribution in [2.75, 3.05) is 0 Å². The van der Waals surface area contributed by atoms with Crippen molar-refractivity contribution in [3.63, 3.8) is 0 Å². The largest absolute Gasteiger partial charge is 0.328 e. The number of amides is 1. The maximum atomic E-state index is 15.2. The van der Waals surface area contributed by atoms with Gasteiger partial charge in [-0.25, -0.2) is 8.78 Å². The van der Waals surface area contributed by atoms with Gasteiger partial charge in [0.1, 0.15) is 17.2 Å². The normalized spacial score (nSPS) is 17.7. The van der Waals surface area contributed by atoms with Crippen LogP contribution in [0.1, 0.15) is 28.5 Å². The molecule has 0 unspecified atom stereocenters. The minimum Gasteiger partial charge on any atom is -0.328 e. The fourth-order valence-corrected chi connectivity index (χ4v) is 3.64. The van der Waals surface area contributed by atoms with Gasteiger partial charge in [-0.3, -0.25) is 19.3 Å². The van der Waals surface area contributed by atoms with Crippen LogP contribution in [-0.2, 0) is 27.1 Å². The first-order valence-electron chi connectivity index (χ1n) is 11.7. The second kappa shape index (κ2) is 6.83. The minimum atomic E-state index is -2.75. The van der Waals surface area contributed by atoms with E-state index < -0.39 is 48.7 Å². The van der Waals surface area contributed by atoms with Gasteiger partial charge in [0, 0.05) is 47.0 Å². The van der Waals surface area contributed by atoms with E-state index in [1.54, 1.807) is 0 Å². The number of hydrogen-bond donors (Lipinski definition) is 0. The average molecular weight is 426 g/mol. The molecule has 0 N–H and O–H groups in total. The summed E-state index contributed by atoms with van der Waals surface area (Å²) in [6.45, 7) is -5.82. The van der Waals surface area contributed by atoms with Crippen LogP contribution in [0.3, 0.4) is 0 Å². The van der Waals surface area contributed by atoms with E-state index in [-0.39, 0.29) is 33.3 Å². The first-order valence-corrected chi connectivity index (χ1v) is 9.16. The van der Waals surface area contributed by atoms with Crippen molar-refractivity contribution in [2.45, 2.75) is 13.0 Å². The van der Waals surface area contributed by atoms with Crippen LogP contribution in [0.2, 0.25) is 0 Å². The summed E-state index contributed by atoms with van der Waals surface area (Å²) in [6.07, 6.45) is 3.78. The number of benzene rings is 1. The van der Waals surface area contributed by atoms with Gasteiger partial charge in [0.15, 0.2) is 0 Å². The van der Waals surface area contributed by atoms with Gasteiger partial charge >= 0.3 is 0 Å². The molecule has 0 atom stereocenters. The topological polar surface area (TPSA) is 73.0 Å². The highest BCUT2D eigenvalue weighted by Crippen LogP contribution is 2.31. The number of aryl methyl sites for hydroxylation is 2. The fourth-order valence-electron chi connectivity index (χ4n) is 3.64. The summed E-state index contributed by atoms with van der Waals surface area (Å²) in [6, 6.07) is 4.81. The maximum absolute atomic E-state index is 15.2. The molecule has 0 radical (unpaired) electrons. The number of halogens is 2. The standard InChI is InChI=1S/C22H17F2N5O2/c1-27-9-15(14-8-26-28(2)20(14)22(27)31)12-6-17(23)16(18(24)7-12)10-29-11-19-13(21(29)30)4-3-5-25-19/h3-9H,10-11H2,1-2H3/i2D3,11D2. The van der Waals surface area contributed by atoms with E-state index in [9.17, 15) is 9.59 Å². The molecule has 1 aliphatic heterocycles. The van der Waals surface area contributed by atoms with Crippen LogP contribution in [0.5, 0.6) is 0 Å². The van der Waals surface area contributed by atoms with Crippen LogP contribution in [0, 0.1) is 11.6 Å². The smallest absolute Gasteiger partial charge is 0.276 e. The molecule has 9 heteroatoms. The maximum Gasteiger partial charge on any atom is 0.276 e. The molecule has 0 spiro atoms. The Kier molecular flexibility index (Phi) is 3.13. The van der Waals surface area contributed by atoms with Gasteiger partial charge in [0.05, 0.1) is 33.2 Å². The highest BCUT2D eigenvalue weighted by Gasteiger charge is 2.29. The number of pyridine rings is 2. The SMILES string of the molecule is [2H]C1([2H])c2ncccc2C(=O)N1Cc1c(F)cc(-c2cn(C)c(=O)c3c2cnn3C([2H])([2H])[2H])cc1F. The van der Waals surface area contributed by atoms with Crippen LogP contribution in [0.25, 0.3) is 22.0 Å².